The molecule has 0 saturated heterocycles. The number of carbonyl (C=O) groups excluding carboxylic acids is 2. The van der Waals surface area contributed by atoms with E-state index in [1.807, 2.05) is 31.2 Å². The first-order chi connectivity index (χ1) is 10.6. The van der Waals surface area contributed by atoms with Crippen molar-refractivity contribution in [3.63, 3.8) is 0 Å². The Morgan fingerprint density at radius 3 is 2.36 bits per heavy atom. The Balaban J connectivity index is 1.69. The molecule has 1 aliphatic rings. The van der Waals surface area contributed by atoms with Gasteiger partial charge in [-0.25, -0.2) is 0 Å². The van der Waals surface area contributed by atoms with Crippen molar-refractivity contribution in [1.29, 1.82) is 0 Å². The van der Waals surface area contributed by atoms with Gasteiger partial charge in [0.2, 0.25) is 5.91 Å². The lowest BCUT2D eigenvalue weighted by atomic mass is 10.1. The molecular weight excluding hydrogens is 276 g/mol. The highest BCUT2D eigenvalue weighted by Gasteiger charge is 2.29. The second-order valence-electron chi connectivity index (χ2n) is 5.66. The summed E-state index contributed by atoms with van der Waals surface area (Å²) in [5.41, 5.74) is 3.08. The summed E-state index contributed by atoms with van der Waals surface area (Å²) in [6, 6.07) is 14.6. The lowest BCUT2D eigenvalue weighted by Gasteiger charge is -2.08. The number of carbonyl (C=O) groups is 2. The first kappa shape index (κ1) is 14.3. The molecule has 3 rings (SSSR count). The van der Waals surface area contributed by atoms with Crippen LogP contribution in [0.3, 0.4) is 0 Å². The van der Waals surface area contributed by atoms with Gasteiger partial charge in [-0.15, -0.1) is 0 Å². The summed E-state index contributed by atoms with van der Waals surface area (Å²) in [6.07, 6.45) is 1.92. The normalized spacial score (nSPS) is 13.5. The highest BCUT2D eigenvalue weighted by Crippen LogP contribution is 2.30. The second kappa shape index (κ2) is 6.02. The second-order valence-corrected chi connectivity index (χ2v) is 5.66. The lowest BCUT2D eigenvalue weighted by Crippen LogP contribution is -2.15. The molecule has 0 unspecified atom stereocenters. The molecule has 0 atom stereocenters. The van der Waals surface area contributed by atoms with Gasteiger partial charge < -0.3 is 10.6 Å². The Morgan fingerprint density at radius 2 is 1.68 bits per heavy atom. The van der Waals surface area contributed by atoms with Crippen LogP contribution in [-0.2, 0) is 4.79 Å². The fourth-order valence-corrected chi connectivity index (χ4v) is 2.17. The molecule has 0 bridgehead atoms. The highest BCUT2D eigenvalue weighted by molar-refractivity contribution is 6.05. The summed E-state index contributed by atoms with van der Waals surface area (Å²) in [6.45, 7) is 2.00. The van der Waals surface area contributed by atoms with E-state index in [0.717, 1.165) is 24.1 Å². The van der Waals surface area contributed by atoms with Gasteiger partial charge in [0.05, 0.1) is 0 Å². The van der Waals surface area contributed by atoms with Gasteiger partial charge in [0.1, 0.15) is 0 Å². The summed E-state index contributed by atoms with van der Waals surface area (Å²) in [5, 5.41) is 5.70. The molecule has 4 heteroatoms. The monoisotopic (exact) mass is 294 g/mol. The maximum Gasteiger partial charge on any atom is 0.255 e. The Labute approximate surface area is 129 Å². The van der Waals surface area contributed by atoms with Gasteiger partial charge in [-0.1, -0.05) is 23.8 Å². The van der Waals surface area contributed by atoms with E-state index in [0.29, 0.717) is 11.3 Å². The van der Waals surface area contributed by atoms with Crippen molar-refractivity contribution in [2.75, 3.05) is 10.6 Å². The average molecular weight is 294 g/mol. The van der Waals surface area contributed by atoms with Crippen LogP contribution in [0.25, 0.3) is 0 Å². The maximum atomic E-state index is 12.3. The van der Waals surface area contributed by atoms with Crippen LogP contribution in [0.1, 0.15) is 28.8 Å². The average Bonchev–Trinajstić information content (AvgIpc) is 3.34. The predicted octanol–water partition coefficient (Wildman–Crippen LogP) is 3.60. The van der Waals surface area contributed by atoms with Crippen LogP contribution in [0.4, 0.5) is 11.4 Å². The molecule has 1 saturated carbocycles. The predicted molar refractivity (Wildman–Crippen MR) is 86.9 cm³/mol. The number of amides is 2. The summed E-state index contributed by atoms with van der Waals surface area (Å²) >= 11 is 0. The third-order valence-electron chi connectivity index (χ3n) is 3.65. The van der Waals surface area contributed by atoms with E-state index < -0.39 is 0 Å². The molecule has 0 spiro atoms. The van der Waals surface area contributed by atoms with Gasteiger partial charge in [0, 0.05) is 22.9 Å². The van der Waals surface area contributed by atoms with Gasteiger partial charge in [-0.3, -0.25) is 9.59 Å². The van der Waals surface area contributed by atoms with Crippen molar-refractivity contribution in [2.45, 2.75) is 19.8 Å². The van der Waals surface area contributed by atoms with Crippen molar-refractivity contribution in [2.24, 2.45) is 5.92 Å². The van der Waals surface area contributed by atoms with Crippen LogP contribution in [0.15, 0.2) is 48.5 Å². The van der Waals surface area contributed by atoms with Crippen LogP contribution >= 0.6 is 0 Å². The lowest BCUT2D eigenvalue weighted by molar-refractivity contribution is -0.117. The third-order valence-corrected chi connectivity index (χ3v) is 3.65. The van der Waals surface area contributed by atoms with E-state index in [9.17, 15) is 9.59 Å². The molecule has 0 heterocycles. The zero-order valence-corrected chi connectivity index (χ0v) is 12.4. The smallest absolute Gasteiger partial charge is 0.255 e. The number of anilines is 2. The van der Waals surface area contributed by atoms with E-state index in [1.54, 1.807) is 24.3 Å². The van der Waals surface area contributed by atoms with Crippen molar-refractivity contribution in [3.8, 4) is 0 Å². The highest BCUT2D eigenvalue weighted by atomic mass is 16.2. The number of aryl methyl sites for hydroxylation is 1. The molecular formula is C18H18N2O2. The molecule has 2 aromatic carbocycles. The number of hydrogen-bond donors (Lipinski definition) is 2. The summed E-state index contributed by atoms with van der Waals surface area (Å²) in [7, 11) is 0. The molecule has 0 aromatic heterocycles. The molecule has 22 heavy (non-hydrogen) atoms. The summed E-state index contributed by atoms with van der Waals surface area (Å²) in [5.74, 6) is -0.00694. The van der Waals surface area contributed by atoms with E-state index in [4.69, 9.17) is 0 Å². The van der Waals surface area contributed by atoms with Gasteiger partial charge in [-0.05, 0) is 50.1 Å². The number of benzene rings is 2. The minimum absolute atomic E-state index is 0.0380. The van der Waals surface area contributed by atoms with Crippen molar-refractivity contribution in [1.82, 2.24) is 0 Å². The zero-order valence-electron chi connectivity index (χ0n) is 12.4. The van der Waals surface area contributed by atoms with E-state index >= 15 is 0 Å². The minimum atomic E-state index is -0.189. The van der Waals surface area contributed by atoms with Crippen molar-refractivity contribution >= 4 is 23.2 Å². The van der Waals surface area contributed by atoms with Gasteiger partial charge in [-0.2, -0.15) is 0 Å². The fourth-order valence-electron chi connectivity index (χ4n) is 2.17. The third kappa shape index (κ3) is 3.52. The van der Waals surface area contributed by atoms with Gasteiger partial charge in [0.25, 0.3) is 5.91 Å². The Bertz CT molecular complexity index is 703. The molecule has 2 aromatic rings. The van der Waals surface area contributed by atoms with E-state index in [2.05, 4.69) is 10.6 Å². The number of hydrogen-bond acceptors (Lipinski definition) is 2. The zero-order chi connectivity index (χ0) is 15.5. The van der Waals surface area contributed by atoms with E-state index in [1.165, 1.54) is 0 Å². The number of nitrogens with one attached hydrogen (secondary N) is 2. The van der Waals surface area contributed by atoms with E-state index in [-0.39, 0.29) is 17.7 Å². The van der Waals surface area contributed by atoms with Crippen LogP contribution in [0, 0.1) is 12.8 Å². The first-order valence-corrected chi connectivity index (χ1v) is 7.41. The largest absolute Gasteiger partial charge is 0.326 e. The van der Waals surface area contributed by atoms with Crippen LogP contribution in [-0.4, -0.2) is 11.8 Å². The topological polar surface area (TPSA) is 58.2 Å². The molecule has 0 aliphatic heterocycles. The fraction of sp³-hybridized carbons (Fsp3) is 0.222. The Hall–Kier alpha value is -2.62. The maximum absolute atomic E-state index is 12.3. The number of rotatable bonds is 4. The molecule has 4 nitrogen and oxygen atoms in total. The molecule has 0 radical (unpaired) electrons. The summed E-state index contributed by atoms with van der Waals surface area (Å²) in [4.78, 5) is 24.0. The van der Waals surface area contributed by atoms with Crippen LogP contribution in [0.2, 0.25) is 0 Å². The quantitative estimate of drug-likeness (QED) is 0.905. The molecule has 2 N–H and O–H groups in total. The molecule has 1 aliphatic carbocycles. The first-order valence-electron chi connectivity index (χ1n) is 7.41. The SMILES string of the molecule is Cc1ccc(NC(=O)c2cccc(NC(=O)C3CC3)c2)cc1. The Morgan fingerprint density at radius 1 is 0.955 bits per heavy atom. The molecule has 2 amide bonds. The molecule has 1 fully saturated rings. The Kier molecular flexibility index (Phi) is 3.92. The van der Waals surface area contributed by atoms with Crippen molar-refractivity contribution < 1.29 is 9.59 Å². The van der Waals surface area contributed by atoms with Crippen molar-refractivity contribution in [3.05, 3.63) is 59.7 Å². The van der Waals surface area contributed by atoms with Gasteiger partial charge >= 0.3 is 0 Å². The minimum Gasteiger partial charge on any atom is -0.326 e. The van der Waals surface area contributed by atoms with Crippen LogP contribution < -0.4 is 10.6 Å². The van der Waals surface area contributed by atoms with Crippen LogP contribution in [0.5, 0.6) is 0 Å². The molecule has 112 valence electrons. The van der Waals surface area contributed by atoms with Gasteiger partial charge in [0.15, 0.2) is 0 Å². The summed E-state index contributed by atoms with van der Waals surface area (Å²) < 4.78 is 0. The standard InChI is InChI=1S/C18H18N2O2/c1-12-5-9-15(10-6-12)19-18(22)14-3-2-4-16(11-14)20-17(21)13-7-8-13/h2-6,9-11,13H,7-8H2,1H3,(H,19,22)(H,20,21).